The Morgan fingerprint density at radius 3 is 2.58 bits per heavy atom. The highest BCUT2D eigenvalue weighted by Gasteiger charge is 2.12. The first kappa shape index (κ1) is 13.6. The maximum absolute atomic E-state index is 5.64. The molecule has 2 N–H and O–H groups in total. The van der Waals surface area contributed by atoms with Crippen molar-refractivity contribution in [3.63, 3.8) is 0 Å². The Balaban J connectivity index is 2.57. The molecule has 0 atom stereocenters. The number of hydrogen-bond donors (Lipinski definition) is 1. The molecule has 0 aromatic carbocycles. The lowest BCUT2D eigenvalue weighted by atomic mass is 10.3. The fourth-order valence-electron chi connectivity index (χ4n) is 1.85. The maximum atomic E-state index is 5.64. The van der Waals surface area contributed by atoms with Crippen LogP contribution in [-0.2, 0) is 12.8 Å². The lowest BCUT2D eigenvalue weighted by Gasteiger charge is -2.07. The van der Waals surface area contributed by atoms with Crippen LogP contribution in [-0.4, -0.2) is 24.7 Å². The van der Waals surface area contributed by atoms with Crippen LogP contribution in [0.5, 0.6) is 0 Å². The van der Waals surface area contributed by atoms with Gasteiger partial charge in [-0.1, -0.05) is 26.1 Å². The van der Waals surface area contributed by atoms with Crippen LogP contribution in [0, 0.1) is 6.92 Å². The Bertz CT molecular complexity index is 617. The van der Waals surface area contributed by atoms with Gasteiger partial charge >= 0.3 is 0 Å². The van der Waals surface area contributed by atoms with Crippen molar-refractivity contribution >= 4 is 17.2 Å². The SMILES string of the molecule is CCc1cc(CC)n(-c2nc(C)cc(C(N)=S)n2)n1. The summed E-state index contributed by atoms with van der Waals surface area (Å²) in [7, 11) is 0. The number of hydrogen-bond acceptors (Lipinski definition) is 4. The van der Waals surface area contributed by atoms with Crippen molar-refractivity contribution in [3.05, 3.63) is 34.9 Å². The van der Waals surface area contributed by atoms with E-state index in [-0.39, 0.29) is 4.99 Å². The Hall–Kier alpha value is -1.82. The molecule has 6 heteroatoms. The molecule has 0 saturated carbocycles. The molecule has 0 bridgehead atoms. The van der Waals surface area contributed by atoms with Gasteiger partial charge in [-0.2, -0.15) is 5.10 Å². The highest BCUT2D eigenvalue weighted by molar-refractivity contribution is 7.80. The molecule has 19 heavy (non-hydrogen) atoms. The lowest BCUT2D eigenvalue weighted by Crippen LogP contribution is -2.16. The third-order valence-corrected chi connectivity index (χ3v) is 3.05. The van der Waals surface area contributed by atoms with E-state index in [9.17, 15) is 0 Å². The lowest BCUT2D eigenvalue weighted by molar-refractivity contribution is 0.741. The molecule has 0 aliphatic rings. The van der Waals surface area contributed by atoms with Gasteiger partial charge in [-0.05, 0) is 31.9 Å². The molecule has 0 fully saturated rings. The first-order valence-electron chi connectivity index (χ1n) is 6.28. The van der Waals surface area contributed by atoms with Crippen molar-refractivity contribution in [1.82, 2.24) is 19.7 Å². The van der Waals surface area contributed by atoms with Gasteiger partial charge in [-0.3, -0.25) is 0 Å². The second kappa shape index (κ2) is 5.44. The highest BCUT2D eigenvalue weighted by Crippen LogP contribution is 2.12. The van der Waals surface area contributed by atoms with Crippen molar-refractivity contribution in [2.75, 3.05) is 0 Å². The van der Waals surface area contributed by atoms with Gasteiger partial charge < -0.3 is 5.73 Å². The van der Waals surface area contributed by atoms with Crippen LogP contribution in [0.4, 0.5) is 0 Å². The smallest absolute Gasteiger partial charge is 0.251 e. The average Bonchev–Trinajstić information content (AvgIpc) is 2.81. The molecular formula is C13H17N5S. The number of rotatable bonds is 4. The highest BCUT2D eigenvalue weighted by atomic mass is 32.1. The van der Waals surface area contributed by atoms with E-state index in [1.807, 2.05) is 6.92 Å². The number of aromatic nitrogens is 4. The van der Waals surface area contributed by atoms with E-state index >= 15 is 0 Å². The first-order valence-corrected chi connectivity index (χ1v) is 6.69. The molecule has 0 spiro atoms. The zero-order valence-electron chi connectivity index (χ0n) is 11.3. The standard InChI is InChI=1S/C13H17N5S/c1-4-9-7-10(5-2)18(17-9)13-15-8(3)6-11(16-13)12(14)19/h6-7H,4-5H2,1-3H3,(H2,14,19). The van der Waals surface area contributed by atoms with Crippen molar-refractivity contribution in [3.8, 4) is 5.95 Å². The molecule has 2 aromatic heterocycles. The number of aryl methyl sites for hydroxylation is 3. The molecule has 0 unspecified atom stereocenters. The predicted octanol–water partition coefficient (Wildman–Crippen LogP) is 1.73. The number of thiocarbonyl (C=S) groups is 1. The van der Waals surface area contributed by atoms with Crippen molar-refractivity contribution in [2.24, 2.45) is 5.73 Å². The monoisotopic (exact) mass is 275 g/mol. The molecule has 0 radical (unpaired) electrons. The Morgan fingerprint density at radius 2 is 2.00 bits per heavy atom. The van der Waals surface area contributed by atoms with E-state index in [1.54, 1.807) is 10.7 Å². The van der Waals surface area contributed by atoms with Gasteiger partial charge in [-0.25, -0.2) is 14.6 Å². The van der Waals surface area contributed by atoms with Gasteiger partial charge in [0.05, 0.1) is 5.69 Å². The Kier molecular flexibility index (Phi) is 3.90. The van der Waals surface area contributed by atoms with Crippen LogP contribution in [0.1, 0.15) is 36.6 Å². The van der Waals surface area contributed by atoms with Crippen molar-refractivity contribution in [2.45, 2.75) is 33.6 Å². The molecule has 2 heterocycles. The Labute approximate surface area is 117 Å². The summed E-state index contributed by atoms with van der Waals surface area (Å²) in [5, 5.41) is 4.52. The maximum Gasteiger partial charge on any atom is 0.251 e. The zero-order chi connectivity index (χ0) is 14.0. The Morgan fingerprint density at radius 1 is 1.26 bits per heavy atom. The van der Waals surface area contributed by atoms with Crippen LogP contribution in [0.2, 0.25) is 0 Å². The molecule has 2 aromatic rings. The fraction of sp³-hybridized carbons (Fsp3) is 0.385. The van der Waals surface area contributed by atoms with E-state index in [0.717, 1.165) is 29.9 Å². The minimum Gasteiger partial charge on any atom is -0.388 e. The minimum absolute atomic E-state index is 0.271. The summed E-state index contributed by atoms with van der Waals surface area (Å²) in [5.74, 6) is 0.527. The van der Waals surface area contributed by atoms with Gasteiger partial charge in [0.2, 0.25) is 0 Å². The van der Waals surface area contributed by atoms with Crippen LogP contribution in [0.25, 0.3) is 5.95 Å². The molecule has 0 amide bonds. The third-order valence-electron chi connectivity index (χ3n) is 2.84. The summed E-state index contributed by atoms with van der Waals surface area (Å²) in [6.45, 7) is 6.05. The van der Waals surface area contributed by atoms with Gasteiger partial charge in [0.15, 0.2) is 0 Å². The van der Waals surface area contributed by atoms with Gasteiger partial charge in [0.1, 0.15) is 10.7 Å². The second-order valence-electron chi connectivity index (χ2n) is 4.30. The van der Waals surface area contributed by atoms with Crippen LogP contribution < -0.4 is 5.73 Å². The fourth-order valence-corrected chi connectivity index (χ4v) is 1.95. The topological polar surface area (TPSA) is 69.6 Å². The van der Waals surface area contributed by atoms with Gasteiger partial charge in [-0.15, -0.1) is 0 Å². The van der Waals surface area contributed by atoms with Crippen LogP contribution in [0.3, 0.4) is 0 Å². The largest absolute Gasteiger partial charge is 0.388 e. The van der Waals surface area contributed by atoms with Crippen molar-refractivity contribution in [1.29, 1.82) is 0 Å². The quantitative estimate of drug-likeness (QED) is 0.861. The second-order valence-corrected chi connectivity index (χ2v) is 4.74. The van der Waals surface area contributed by atoms with Crippen LogP contribution in [0.15, 0.2) is 12.1 Å². The van der Waals surface area contributed by atoms with Crippen molar-refractivity contribution < 1.29 is 0 Å². The zero-order valence-corrected chi connectivity index (χ0v) is 12.2. The predicted molar refractivity (Wildman–Crippen MR) is 78.5 cm³/mol. The van der Waals surface area contributed by atoms with E-state index in [0.29, 0.717) is 11.6 Å². The van der Waals surface area contributed by atoms with E-state index in [4.69, 9.17) is 18.0 Å². The molecule has 0 aliphatic carbocycles. The number of nitrogens with two attached hydrogens (primary N) is 1. The van der Waals surface area contributed by atoms with E-state index in [1.165, 1.54) is 0 Å². The van der Waals surface area contributed by atoms with E-state index < -0.39 is 0 Å². The molecule has 2 rings (SSSR count). The summed E-state index contributed by atoms with van der Waals surface area (Å²) >= 11 is 4.98. The normalized spacial score (nSPS) is 10.7. The summed E-state index contributed by atoms with van der Waals surface area (Å²) < 4.78 is 1.77. The summed E-state index contributed by atoms with van der Waals surface area (Å²) in [5.41, 5.74) is 9.15. The summed E-state index contributed by atoms with van der Waals surface area (Å²) in [6.07, 6.45) is 1.75. The molecule has 5 nitrogen and oxygen atoms in total. The minimum atomic E-state index is 0.271. The van der Waals surface area contributed by atoms with E-state index in [2.05, 4.69) is 35.0 Å². The molecular weight excluding hydrogens is 258 g/mol. The van der Waals surface area contributed by atoms with Crippen LogP contribution >= 0.6 is 12.2 Å². The first-order chi connectivity index (χ1) is 9.05. The molecule has 100 valence electrons. The molecule has 0 aliphatic heterocycles. The van der Waals surface area contributed by atoms with Gasteiger partial charge in [0, 0.05) is 11.4 Å². The molecule has 0 saturated heterocycles. The summed E-state index contributed by atoms with van der Waals surface area (Å²) in [4.78, 5) is 9.07. The average molecular weight is 275 g/mol. The van der Waals surface area contributed by atoms with Gasteiger partial charge in [0.25, 0.3) is 5.95 Å². The number of nitrogens with zero attached hydrogens (tertiary/aromatic N) is 4. The third kappa shape index (κ3) is 2.78. The summed E-state index contributed by atoms with van der Waals surface area (Å²) in [6, 6.07) is 3.85.